The van der Waals surface area contributed by atoms with Crippen molar-refractivity contribution < 1.29 is 4.79 Å². The molecular formula is C14H13Cl2N7O. The van der Waals surface area contributed by atoms with Gasteiger partial charge >= 0.3 is 6.03 Å². The quantitative estimate of drug-likeness (QED) is 0.600. The Morgan fingerprint density at radius 1 is 1.12 bits per heavy atom. The third-order valence-electron chi connectivity index (χ3n) is 3.11. The molecule has 124 valence electrons. The molecule has 0 radical (unpaired) electrons. The first-order valence-electron chi connectivity index (χ1n) is 6.99. The van der Waals surface area contributed by atoms with Gasteiger partial charge in [-0.05, 0) is 30.3 Å². The third kappa shape index (κ3) is 3.66. The molecule has 0 unspecified atom stereocenters. The highest BCUT2D eigenvalue weighted by Crippen LogP contribution is 2.26. The molecule has 0 saturated carbocycles. The van der Waals surface area contributed by atoms with Crippen LogP contribution >= 0.6 is 23.2 Å². The molecule has 0 saturated heterocycles. The first kappa shape index (κ1) is 16.3. The fourth-order valence-corrected chi connectivity index (χ4v) is 2.65. The van der Waals surface area contributed by atoms with Crippen molar-refractivity contribution in [3.05, 3.63) is 40.4 Å². The van der Waals surface area contributed by atoms with Crippen molar-refractivity contribution in [2.24, 2.45) is 5.73 Å². The van der Waals surface area contributed by atoms with Crippen molar-refractivity contribution in [3.8, 4) is 11.4 Å². The number of carbonyl (C=O) groups is 1. The van der Waals surface area contributed by atoms with Crippen molar-refractivity contribution >= 4 is 40.7 Å². The van der Waals surface area contributed by atoms with E-state index < -0.39 is 6.03 Å². The standard InChI is InChI=1S/C14H13Cl2N7O/c15-9-5-8(6-10(16)7-9)13-21-20-12-2-1-11(22-23(12)13)18-3-4-19-14(17)24/h1-2,5-7H,3-4H2,(H,18,22)(H3,17,19,24). The van der Waals surface area contributed by atoms with Gasteiger partial charge in [0.25, 0.3) is 0 Å². The first-order chi connectivity index (χ1) is 11.5. The lowest BCUT2D eigenvalue weighted by Gasteiger charge is -2.07. The average Bonchev–Trinajstić information content (AvgIpc) is 2.93. The van der Waals surface area contributed by atoms with Crippen LogP contribution in [0.5, 0.6) is 0 Å². The zero-order valence-electron chi connectivity index (χ0n) is 12.3. The van der Waals surface area contributed by atoms with Gasteiger partial charge in [-0.3, -0.25) is 0 Å². The Kier molecular flexibility index (Phi) is 4.68. The number of carbonyl (C=O) groups excluding carboxylic acids is 1. The largest absolute Gasteiger partial charge is 0.367 e. The van der Waals surface area contributed by atoms with Gasteiger partial charge in [0.1, 0.15) is 5.82 Å². The Bertz CT molecular complexity index is 876. The lowest BCUT2D eigenvalue weighted by molar-refractivity contribution is 0.249. The molecule has 0 fully saturated rings. The molecule has 0 bridgehead atoms. The molecule has 2 amide bonds. The van der Waals surface area contributed by atoms with Crippen LogP contribution in [0.2, 0.25) is 10.0 Å². The molecule has 0 spiro atoms. The number of nitrogens with one attached hydrogen (secondary N) is 2. The van der Waals surface area contributed by atoms with E-state index >= 15 is 0 Å². The van der Waals surface area contributed by atoms with E-state index in [9.17, 15) is 4.79 Å². The minimum Gasteiger partial charge on any atom is -0.367 e. The molecule has 0 aliphatic carbocycles. The predicted molar refractivity (Wildman–Crippen MR) is 92.3 cm³/mol. The van der Waals surface area contributed by atoms with Crippen LogP contribution in [0, 0.1) is 0 Å². The molecular weight excluding hydrogens is 353 g/mol. The van der Waals surface area contributed by atoms with Gasteiger partial charge in [0.05, 0.1) is 0 Å². The number of benzene rings is 1. The summed E-state index contributed by atoms with van der Waals surface area (Å²) in [5, 5.41) is 19.2. The number of nitrogens with two attached hydrogens (primary N) is 1. The zero-order valence-corrected chi connectivity index (χ0v) is 13.8. The summed E-state index contributed by atoms with van der Waals surface area (Å²) in [5.41, 5.74) is 6.30. The number of hydrogen-bond acceptors (Lipinski definition) is 5. The lowest BCUT2D eigenvalue weighted by Crippen LogP contribution is -2.33. The van der Waals surface area contributed by atoms with Gasteiger partial charge < -0.3 is 16.4 Å². The van der Waals surface area contributed by atoms with Crippen LogP contribution < -0.4 is 16.4 Å². The smallest absolute Gasteiger partial charge is 0.312 e. The van der Waals surface area contributed by atoms with E-state index in [1.807, 2.05) is 0 Å². The first-order valence-corrected chi connectivity index (χ1v) is 7.74. The number of anilines is 1. The highest BCUT2D eigenvalue weighted by molar-refractivity contribution is 6.35. The minimum atomic E-state index is -0.570. The predicted octanol–water partition coefficient (Wildman–Crippen LogP) is 2.18. The van der Waals surface area contributed by atoms with Gasteiger partial charge in [0.15, 0.2) is 11.5 Å². The molecule has 1 aromatic carbocycles. The summed E-state index contributed by atoms with van der Waals surface area (Å²) in [6.45, 7) is 0.857. The maximum atomic E-state index is 10.6. The Balaban J connectivity index is 1.87. The number of primary amides is 1. The number of fused-ring (bicyclic) bond motifs is 1. The van der Waals surface area contributed by atoms with E-state index in [4.69, 9.17) is 28.9 Å². The maximum Gasteiger partial charge on any atom is 0.312 e. The summed E-state index contributed by atoms with van der Waals surface area (Å²) in [6, 6.07) is 8.09. The minimum absolute atomic E-state index is 0.383. The summed E-state index contributed by atoms with van der Waals surface area (Å²) in [7, 11) is 0. The summed E-state index contributed by atoms with van der Waals surface area (Å²) in [5.74, 6) is 1.12. The summed E-state index contributed by atoms with van der Waals surface area (Å²) < 4.78 is 1.59. The zero-order chi connectivity index (χ0) is 17.1. The van der Waals surface area contributed by atoms with E-state index in [0.717, 1.165) is 0 Å². The number of urea groups is 1. The van der Waals surface area contributed by atoms with Gasteiger partial charge in [0, 0.05) is 28.7 Å². The number of nitrogens with zero attached hydrogens (tertiary/aromatic N) is 4. The maximum absolute atomic E-state index is 10.6. The van der Waals surface area contributed by atoms with Crippen LogP contribution in [-0.4, -0.2) is 38.9 Å². The number of aromatic nitrogens is 4. The van der Waals surface area contributed by atoms with Crippen LogP contribution in [0.25, 0.3) is 17.0 Å². The molecule has 0 atom stereocenters. The Hall–Kier alpha value is -2.58. The number of halogens is 2. The molecule has 2 heterocycles. The second kappa shape index (κ2) is 6.90. The van der Waals surface area contributed by atoms with E-state index in [2.05, 4.69) is 25.9 Å². The third-order valence-corrected chi connectivity index (χ3v) is 3.55. The molecule has 4 N–H and O–H groups in total. The van der Waals surface area contributed by atoms with Gasteiger partial charge in [0.2, 0.25) is 0 Å². The van der Waals surface area contributed by atoms with E-state index in [1.54, 1.807) is 34.8 Å². The summed E-state index contributed by atoms with van der Waals surface area (Å²) in [4.78, 5) is 10.6. The van der Waals surface area contributed by atoms with Gasteiger partial charge in [-0.15, -0.1) is 15.3 Å². The SMILES string of the molecule is NC(=O)NCCNc1ccc2nnc(-c3cc(Cl)cc(Cl)c3)n2n1. The van der Waals surface area contributed by atoms with Crippen LogP contribution in [0.3, 0.4) is 0 Å². The van der Waals surface area contributed by atoms with Crippen LogP contribution in [0.15, 0.2) is 30.3 Å². The Labute approximate surface area is 147 Å². The number of hydrogen-bond donors (Lipinski definition) is 3. The van der Waals surface area contributed by atoms with Crippen molar-refractivity contribution in [1.82, 2.24) is 25.1 Å². The molecule has 8 nitrogen and oxygen atoms in total. The van der Waals surface area contributed by atoms with E-state index in [0.29, 0.717) is 46.0 Å². The topological polar surface area (TPSA) is 110 Å². The molecule has 2 aromatic heterocycles. The fourth-order valence-electron chi connectivity index (χ4n) is 2.12. The fraction of sp³-hybridized carbons (Fsp3) is 0.143. The molecule has 0 aliphatic rings. The monoisotopic (exact) mass is 365 g/mol. The van der Waals surface area contributed by atoms with Crippen molar-refractivity contribution in [2.75, 3.05) is 18.4 Å². The van der Waals surface area contributed by atoms with Gasteiger partial charge in [-0.2, -0.15) is 4.52 Å². The second-order valence-electron chi connectivity index (χ2n) is 4.89. The molecule has 3 aromatic rings. The highest BCUT2D eigenvalue weighted by atomic mass is 35.5. The molecule has 10 heteroatoms. The number of amides is 2. The van der Waals surface area contributed by atoms with Crippen LogP contribution in [0.1, 0.15) is 0 Å². The van der Waals surface area contributed by atoms with E-state index in [-0.39, 0.29) is 0 Å². The Morgan fingerprint density at radius 3 is 2.58 bits per heavy atom. The number of rotatable bonds is 5. The van der Waals surface area contributed by atoms with Crippen LogP contribution in [-0.2, 0) is 0 Å². The summed E-state index contributed by atoms with van der Waals surface area (Å²) >= 11 is 12.1. The van der Waals surface area contributed by atoms with Gasteiger partial charge in [-0.25, -0.2) is 4.79 Å². The second-order valence-corrected chi connectivity index (χ2v) is 5.76. The van der Waals surface area contributed by atoms with Gasteiger partial charge in [-0.1, -0.05) is 23.2 Å². The van der Waals surface area contributed by atoms with E-state index in [1.165, 1.54) is 0 Å². The highest BCUT2D eigenvalue weighted by Gasteiger charge is 2.11. The van der Waals surface area contributed by atoms with Crippen molar-refractivity contribution in [2.45, 2.75) is 0 Å². The normalized spacial score (nSPS) is 10.8. The van der Waals surface area contributed by atoms with Crippen LogP contribution in [0.4, 0.5) is 10.6 Å². The molecule has 0 aliphatic heterocycles. The lowest BCUT2D eigenvalue weighted by atomic mass is 10.2. The summed E-state index contributed by atoms with van der Waals surface area (Å²) in [6.07, 6.45) is 0. The molecule has 24 heavy (non-hydrogen) atoms. The van der Waals surface area contributed by atoms with Crippen molar-refractivity contribution in [3.63, 3.8) is 0 Å². The van der Waals surface area contributed by atoms with Crippen molar-refractivity contribution in [1.29, 1.82) is 0 Å². The Morgan fingerprint density at radius 2 is 1.88 bits per heavy atom. The molecule has 3 rings (SSSR count). The average molecular weight is 366 g/mol.